The van der Waals surface area contributed by atoms with Crippen molar-refractivity contribution in [1.29, 1.82) is 0 Å². The zero-order valence-corrected chi connectivity index (χ0v) is 29.8. The molecule has 0 saturated heterocycles. The maximum atomic E-state index is 6.48. The quantitative estimate of drug-likeness (QED) is 0.116. The molecule has 0 aliphatic rings. The molecule has 0 radical (unpaired) electrons. The van der Waals surface area contributed by atoms with E-state index in [1.807, 2.05) is 48.5 Å². The second-order valence-electron chi connectivity index (χ2n) is 12.6. The van der Waals surface area contributed by atoms with Gasteiger partial charge in [-0.25, -0.2) is 4.98 Å². The zero-order valence-electron chi connectivity index (χ0n) is 28.2. The second kappa shape index (κ2) is 13.4. The van der Waals surface area contributed by atoms with Crippen molar-refractivity contribution in [3.05, 3.63) is 126 Å². The Kier molecular flexibility index (Phi) is 9.29. The second-order valence-corrected chi connectivity index (χ2v) is 12.6. The van der Waals surface area contributed by atoms with Crippen LogP contribution in [-0.4, -0.2) is 26.4 Å². The van der Waals surface area contributed by atoms with Crippen LogP contribution in [0.4, 0.5) is 0 Å². The van der Waals surface area contributed by atoms with Crippen LogP contribution < -0.4 is 9.47 Å². The number of hydrogen-bond donors (Lipinski definition) is 0. The van der Waals surface area contributed by atoms with Gasteiger partial charge in [0, 0.05) is 34.8 Å². The number of para-hydroxylation sites is 1. The van der Waals surface area contributed by atoms with Crippen molar-refractivity contribution < 1.29 is 29.9 Å². The molecule has 7 aromatic rings. The Labute approximate surface area is 296 Å². The van der Waals surface area contributed by atoms with E-state index in [1.54, 1.807) is 13.3 Å². The molecular weight excluding hydrogens is 687 g/mol. The van der Waals surface area contributed by atoms with Crippen LogP contribution in [-0.2, 0) is 20.4 Å². The van der Waals surface area contributed by atoms with E-state index in [4.69, 9.17) is 14.6 Å². The predicted octanol–water partition coefficient (Wildman–Crippen LogP) is 10.3. The Morgan fingerprint density at radius 1 is 0.729 bits per heavy atom. The van der Waals surface area contributed by atoms with E-state index in [2.05, 4.69) is 104 Å². The third-order valence-electron chi connectivity index (χ3n) is 8.71. The van der Waals surface area contributed by atoms with Gasteiger partial charge in [0.05, 0.1) is 18.5 Å². The standard InChI is InChI=1S/C41H38N4O2.Pd/c1-25(2)40-39(38-27(5)12-10-13-28(38)6)41(26(3)4)45(43-40)29-14-11-15-31(22-29)47-32-18-19-34-33-16-8-9-17-35(33)44(36(34)23-32)37-24-30(46-7)20-21-42-37;/h8-21,24-26H,1-7H3;/q-2;+2. The molecule has 0 N–H and O–H groups in total. The van der Waals surface area contributed by atoms with Gasteiger partial charge in [-0.1, -0.05) is 69.6 Å². The summed E-state index contributed by atoms with van der Waals surface area (Å²) in [6.07, 6.45) is 1.76. The fraction of sp³-hybridized carbons (Fsp3) is 0.220. The number of aryl methyl sites for hydroxylation is 2. The SMILES string of the molecule is COc1ccnc(-n2c3[c-]c(Oc4[c-]c(-n5nc(C(C)C)c(-c6c(C)cccc6C)c5C(C)C)ccc4)ccc3c3ccccc32)c1.[Pd+2]. The first-order valence-corrected chi connectivity index (χ1v) is 16.1. The number of hydrogen-bond acceptors (Lipinski definition) is 4. The molecule has 0 spiro atoms. The van der Waals surface area contributed by atoms with Gasteiger partial charge in [-0.05, 0) is 65.6 Å². The number of ether oxygens (including phenoxy) is 2. The normalized spacial score (nSPS) is 11.4. The van der Waals surface area contributed by atoms with Crippen molar-refractivity contribution in [3.63, 3.8) is 0 Å². The summed E-state index contributed by atoms with van der Waals surface area (Å²) in [5.41, 5.74) is 9.99. The van der Waals surface area contributed by atoms with Gasteiger partial charge in [-0.3, -0.25) is 4.68 Å². The zero-order chi connectivity index (χ0) is 32.8. The summed E-state index contributed by atoms with van der Waals surface area (Å²) in [5.74, 6) is 3.13. The van der Waals surface area contributed by atoms with Crippen LogP contribution in [0.15, 0.2) is 91.1 Å². The molecule has 0 amide bonds. The average molecular weight is 725 g/mol. The molecule has 0 bridgehead atoms. The van der Waals surface area contributed by atoms with Crippen molar-refractivity contribution in [2.75, 3.05) is 7.11 Å². The number of fused-ring (bicyclic) bond motifs is 3. The van der Waals surface area contributed by atoms with E-state index in [-0.39, 0.29) is 32.3 Å². The first-order valence-electron chi connectivity index (χ1n) is 16.1. The molecule has 0 aliphatic heterocycles. The summed E-state index contributed by atoms with van der Waals surface area (Å²) in [6, 6.07) is 35.6. The Balaban J connectivity index is 0.00000401. The fourth-order valence-corrected chi connectivity index (χ4v) is 6.59. The molecule has 3 heterocycles. The van der Waals surface area contributed by atoms with Crippen LogP contribution in [0, 0.1) is 26.0 Å². The molecule has 3 aromatic heterocycles. The topological polar surface area (TPSA) is 54.1 Å². The number of methoxy groups -OCH3 is 1. The molecule has 48 heavy (non-hydrogen) atoms. The summed E-state index contributed by atoms with van der Waals surface area (Å²) < 4.78 is 16.1. The van der Waals surface area contributed by atoms with E-state index >= 15 is 0 Å². The van der Waals surface area contributed by atoms with Crippen LogP contribution in [0.3, 0.4) is 0 Å². The van der Waals surface area contributed by atoms with E-state index in [9.17, 15) is 0 Å². The van der Waals surface area contributed by atoms with Gasteiger partial charge in [-0.15, -0.1) is 35.7 Å². The van der Waals surface area contributed by atoms with Crippen LogP contribution >= 0.6 is 0 Å². The van der Waals surface area contributed by atoms with E-state index in [1.165, 1.54) is 27.9 Å². The van der Waals surface area contributed by atoms with Crippen LogP contribution in [0.25, 0.3) is 44.4 Å². The Bertz CT molecular complexity index is 2240. The third-order valence-corrected chi connectivity index (χ3v) is 8.71. The number of pyridine rings is 1. The molecule has 7 rings (SSSR count). The Hall–Kier alpha value is -4.70. The van der Waals surface area contributed by atoms with Gasteiger partial charge in [0.25, 0.3) is 0 Å². The van der Waals surface area contributed by atoms with Gasteiger partial charge in [-0.2, -0.15) is 17.2 Å². The maximum Gasteiger partial charge on any atom is 2.00 e. The molecular formula is C41H38N4O2Pd. The molecule has 4 aromatic carbocycles. The molecule has 0 unspecified atom stereocenters. The van der Waals surface area contributed by atoms with Crippen molar-refractivity contribution in [2.24, 2.45) is 0 Å². The fourth-order valence-electron chi connectivity index (χ4n) is 6.59. The summed E-state index contributed by atoms with van der Waals surface area (Å²) >= 11 is 0. The molecule has 0 fully saturated rings. The van der Waals surface area contributed by atoms with Gasteiger partial charge in [0.15, 0.2) is 0 Å². The molecule has 7 heteroatoms. The predicted molar refractivity (Wildman–Crippen MR) is 190 cm³/mol. The summed E-state index contributed by atoms with van der Waals surface area (Å²) in [7, 11) is 1.66. The summed E-state index contributed by atoms with van der Waals surface area (Å²) in [6.45, 7) is 13.3. The number of rotatable bonds is 8. The van der Waals surface area contributed by atoms with Crippen molar-refractivity contribution in [2.45, 2.75) is 53.4 Å². The number of benzene rings is 4. The van der Waals surface area contributed by atoms with E-state index in [0.717, 1.165) is 44.8 Å². The van der Waals surface area contributed by atoms with Crippen molar-refractivity contribution in [1.82, 2.24) is 19.3 Å². The monoisotopic (exact) mass is 724 g/mol. The molecule has 0 aliphatic carbocycles. The van der Waals surface area contributed by atoms with Crippen LogP contribution in [0.5, 0.6) is 17.2 Å². The maximum absolute atomic E-state index is 6.48. The molecule has 6 nitrogen and oxygen atoms in total. The summed E-state index contributed by atoms with van der Waals surface area (Å²) in [5, 5.41) is 7.41. The average Bonchev–Trinajstić information content (AvgIpc) is 3.62. The minimum Gasteiger partial charge on any atom is -0.509 e. The number of nitrogens with zero attached hydrogens (tertiary/aromatic N) is 4. The first kappa shape index (κ1) is 33.2. The number of aromatic nitrogens is 4. The van der Waals surface area contributed by atoms with Gasteiger partial charge in [0.2, 0.25) is 0 Å². The van der Waals surface area contributed by atoms with Gasteiger partial charge in [0.1, 0.15) is 11.6 Å². The van der Waals surface area contributed by atoms with Gasteiger partial charge < -0.3 is 14.0 Å². The summed E-state index contributed by atoms with van der Waals surface area (Å²) in [4.78, 5) is 4.67. The van der Waals surface area contributed by atoms with Gasteiger partial charge >= 0.3 is 20.4 Å². The minimum absolute atomic E-state index is 0. The van der Waals surface area contributed by atoms with Crippen LogP contribution in [0.1, 0.15) is 62.0 Å². The van der Waals surface area contributed by atoms with Crippen LogP contribution in [0.2, 0.25) is 0 Å². The molecule has 0 saturated carbocycles. The smallest absolute Gasteiger partial charge is 0.509 e. The largest absolute Gasteiger partial charge is 2.00 e. The van der Waals surface area contributed by atoms with Crippen molar-refractivity contribution >= 4 is 21.8 Å². The molecule has 0 atom stereocenters. The van der Waals surface area contributed by atoms with Crippen molar-refractivity contribution in [3.8, 4) is 39.9 Å². The van der Waals surface area contributed by atoms with E-state index in [0.29, 0.717) is 11.5 Å². The minimum atomic E-state index is 0. The third kappa shape index (κ3) is 5.83. The molecule has 244 valence electrons. The first-order chi connectivity index (χ1) is 22.7. The Morgan fingerprint density at radius 3 is 2.19 bits per heavy atom. The van der Waals surface area contributed by atoms with E-state index < -0.39 is 0 Å². The Morgan fingerprint density at radius 2 is 1.46 bits per heavy atom.